The van der Waals surface area contributed by atoms with Gasteiger partial charge < -0.3 is 9.47 Å². The zero-order valence-corrected chi connectivity index (χ0v) is 4.92. The molecule has 0 aliphatic carbocycles. The van der Waals surface area contributed by atoms with Crippen LogP contribution in [0.2, 0.25) is 0 Å². The van der Waals surface area contributed by atoms with E-state index < -0.39 is 12.1 Å². The van der Waals surface area contributed by atoms with Gasteiger partial charge in [0.2, 0.25) is 0 Å². The van der Waals surface area contributed by atoms with E-state index in [-0.39, 0.29) is 0 Å². The quantitative estimate of drug-likeness (QED) is 0.299. The molecule has 0 saturated heterocycles. The van der Waals surface area contributed by atoms with Gasteiger partial charge in [0.25, 0.3) is 0 Å². The van der Waals surface area contributed by atoms with Crippen molar-refractivity contribution in [3.05, 3.63) is 12.8 Å². The van der Waals surface area contributed by atoms with E-state index in [2.05, 4.69) is 16.1 Å². The first-order valence-corrected chi connectivity index (χ1v) is 2.16. The molecule has 0 radical (unpaired) electrons. The molecule has 0 heterocycles. The summed E-state index contributed by atoms with van der Waals surface area (Å²) in [6, 6.07) is 0. The van der Waals surface area contributed by atoms with Crippen molar-refractivity contribution in [2.75, 3.05) is 0 Å². The Kier molecular flexibility index (Phi) is 3.12. The van der Waals surface area contributed by atoms with Crippen molar-refractivity contribution in [1.29, 1.82) is 0 Å². The predicted octanol–water partition coefficient (Wildman–Crippen LogP) is 0.830. The Bertz CT molecular complexity index is 138. The summed E-state index contributed by atoms with van der Waals surface area (Å²) >= 11 is 0. The molecule has 0 rings (SSSR count). The number of carbonyl (C=O) groups is 2. The van der Waals surface area contributed by atoms with Crippen LogP contribution in [0.25, 0.3) is 0 Å². The number of esters is 1. The average Bonchev–Trinajstić information content (AvgIpc) is 1.63. The minimum atomic E-state index is -1.06. The van der Waals surface area contributed by atoms with Gasteiger partial charge in [-0.3, -0.25) is 4.79 Å². The first kappa shape index (κ1) is 7.68. The molecule has 0 spiro atoms. The van der Waals surface area contributed by atoms with E-state index >= 15 is 0 Å². The lowest BCUT2D eigenvalue weighted by Gasteiger charge is -1.93. The van der Waals surface area contributed by atoms with Crippen molar-refractivity contribution in [1.82, 2.24) is 0 Å². The van der Waals surface area contributed by atoms with Gasteiger partial charge in [0.15, 0.2) is 0 Å². The normalized spacial score (nSPS) is 7.67. The SMILES string of the molecule is C=COC(=O)OC(C)=O. The molecule has 9 heavy (non-hydrogen) atoms. The van der Waals surface area contributed by atoms with Crippen LogP contribution in [0.5, 0.6) is 0 Å². The van der Waals surface area contributed by atoms with Crippen molar-refractivity contribution in [2.24, 2.45) is 0 Å². The van der Waals surface area contributed by atoms with Crippen LogP contribution in [0.15, 0.2) is 12.8 Å². The maximum absolute atomic E-state index is 10.1. The molecule has 0 saturated carbocycles. The molecule has 0 N–H and O–H groups in total. The molecular formula is C5H6O4. The summed E-state index contributed by atoms with van der Waals surface area (Å²) in [6.07, 6.45) is -0.178. The summed E-state index contributed by atoms with van der Waals surface area (Å²) in [5.41, 5.74) is 0. The third-order valence-electron chi connectivity index (χ3n) is 0.407. The molecule has 0 atom stereocenters. The molecular weight excluding hydrogens is 124 g/mol. The van der Waals surface area contributed by atoms with E-state index in [9.17, 15) is 9.59 Å². The topological polar surface area (TPSA) is 52.6 Å². The Labute approximate surface area is 52.1 Å². The van der Waals surface area contributed by atoms with E-state index in [4.69, 9.17) is 0 Å². The molecule has 4 heteroatoms. The Balaban J connectivity index is 3.50. The van der Waals surface area contributed by atoms with Gasteiger partial charge in [-0.2, -0.15) is 0 Å². The van der Waals surface area contributed by atoms with Gasteiger partial charge in [0.1, 0.15) is 0 Å². The number of carbonyl (C=O) groups excluding carboxylic acids is 2. The second kappa shape index (κ2) is 3.65. The average molecular weight is 130 g/mol. The van der Waals surface area contributed by atoms with Crippen LogP contribution in [0, 0.1) is 0 Å². The fraction of sp³-hybridized carbons (Fsp3) is 0.200. The van der Waals surface area contributed by atoms with Crippen LogP contribution >= 0.6 is 0 Å². The van der Waals surface area contributed by atoms with Gasteiger partial charge in [-0.25, -0.2) is 4.79 Å². The summed E-state index contributed by atoms with van der Waals surface area (Å²) < 4.78 is 7.95. The Hall–Kier alpha value is -1.32. The minimum Gasteiger partial charge on any atom is -0.403 e. The summed E-state index contributed by atoms with van der Waals surface area (Å²) in [4.78, 5) is 20.1. The lowest BCUT2D eigenvalue weighted by atomic mass is 10.8. The third-order valence-corrected chi connectivity index (χ3v) is 0.407. The van der Waals surface area contributed by atoms with E-state index in [1.165, 1.54) is 0 Å². The van der Waals surface area contributed by atoms with Crippen LogP contribution in [0.4, 0.5) is 4.79 Å². The van der Waals surface area contributed by atoms with Crippen molar-refractivity contribution < 1.29 is 19.1 Å². The van der Waals surface area contributed by atoms with Crippen molar-refractivity contribution in [3.8, 4) is 0 Å². The van der Waals surface area contributed by atoms with Crippen LogP contribution in [0.3, 0.4) is 0 Å². The van der Waals surface area contributed by atoms with Gasteiger partial charge >= 0.3 is 12.1 Å². The van der Waals surface area contributed by atoms with Gasteiger partial charge in [-0.15, -0.1) is 0 Å². The molecule has 0 amide bonds. The largest absolute Gasteiger partial charge is 0.521 e. The van der Waals surface area contributed by atoms with Crippen LogP contribution in [-0.2, 0) is 14.3 Å². The number of hydrogen-bond donors (Lipinski definition) is 0. The lowest BCUT2D eigenvalue weighted by molar-refractivity contribution is -0.136. The zero-order chi connectivity index (χ0) is 7.28. The fourth-order valence-electron chi connectivity index (χ4n) is 0.209. The predicted molar refractivity (Wildman–Crippen MR) is 28.4 cm³/mol. The standard InChI is InChI=1S/C5H6O4/c1-3-8-5(7)9-4(2)6/h3H,1H2,2H3. The van der Waals surface area contributed by atoms with Gasteiger partial charge in [-0.1, -0.05) is 6.58 Å². The monoisotopic (exact) mass is 130 g/mol. The molecule has 0 aliphatic rings. The number of rotatable bonds is 1. The highest BCUT2D eigenvalue weighted by Crippen LogP contribution is 1.84. The number of ether oxygens (including phenoxy) is 2. The molecule has 0 aromatic rings. The van der Waals surface area contributed by atoms with Crippen molar-refractivity contribution in [3.63, 3.8) is 0 Å². The summed E-state index contributed by atoms with van der Waals surface area (Å²) in [7, 11) is 0. The Morgan fingerprint density at radius 1 is 1.56 bits per heavy atom. The second-order valence-electron chi connectivity index (χ2n) is 1.13. The van der Waals surface area contributed by atoms with E-state index in [0.717, 1.165) is 13.2 Å². The second-order valence-corrected chi connectivity index (χ2v) is 1.13. The van der Waals surface area contributed by atoms with Crippen LogP contribution in [-0.4, -0.2) is 12.1 Å². The molecule has 0 bridgehead atoms. The maximum atomic E-state index is 10.1. The molecule has 0 fully saturated rings. The molecule has 50 valence electrons. The number of hydrogen-bond acceptors (Lipinski definition) is 4. The highest BCUT2D eigenvalue weighted by molar-refractivity contribution is 5.80. The molecule has 0 unspecified atom stereocenters. The summed E-state index contributed by atoms with van der Waals surface area (Å²) in [6.45, 7) is 4.18. The van der Waals surface area contributed by atoms with Crippen molar-refractivity contribution in [2.45, 2.75) is 6.92 Å². The van der Waals surface area contributed by atoms with Crippen LogP contribution in [0.1, 0.15) is 6.92 Å². The Morgan fingerprint density at radius 2 is 2.11 bits per heavy atom. The first-order valence-electron chi connectivity index (χ1n) is 2.16. The highest BCUT2D eigenvalue weighted by atomic mass is 16.7. The summed E-state index contributed by atoms with van der Waals surface area (Å²) in [5, 5.41) is 0. The van der Waals surface area contributed by atoms with Crippen LogP contribution < -0.4 is 0 Å². The highest BCUT2D eigenvalue weighted by Gasteiger charge is 2.03. The fourth-order valence-corrected chi connectivity index (χ4v) is 0.209. The van der Waals surface area contributed by atoms with Gasteiger partial charge in [0, 0.05) is 6.92 Å². The van der Waals surface area contributed by atoms with E-state index in [0.29, 0.717) is 0 Å². The minimum absolute atomic E-state index is 0.707. The van der Waals surface area contributed by atoms with E-state index in [1.807, 2.05) is 0 Å². The molecule has 0 aliphatic heterocycles. The zero-order valence-electron chi connectivity index (χ0n) is 4.92. The maximum Gasteiger partial charge on any atom is 0.521 e. The van der Waals surface area contributed by atoms with Gasteiger partial charge in [-0.05, 0) is 0 Å². The van der Waals surface area contributed by atoms with Crippen molar-refractivity contribution >= 4 is 12.1 Å². The smallest absolute Gasteiger partial charge is 0.403 e. The summed E-state index contributed by atoms with van der Waals surface area (Å²) in [5.74, 6) is -0.707. The van der Waals surface area contributed by atoms with Gasteiger partial charge in [0.05, 0.1) is 6.26 Å². The Morgan fingerprint density at radius 3 is 2.44 bits per heavy atom. The lowest BCUT2D eigenvalue weighted by Crippen LogP contribution is -2.07. The third kappa shape index (κ3) is 4.53. The first-order chi connectivity index (χ1) is 4.16. The molecule has 4 nitrogen and oxygen atoms in total. The molecule has 0 aromatic heterocycles. The molecule has 0 aromatic carbocycles. The van der Waals surface area contributed by atoms with E-state index in [1.54, 1.807) is 0 Å².